The number of methoxy groups -OCH3 is 1. The summed E-state index contributed by atoms with van der Waals surface area (Å²) < 4.78 is 41.0. The number of ether oxygens (including phenoxy) is 2. The van der Waals surface area contributed by atoms with E-state index in [4.69, 9.17) is 14.5 Å². The monoisotopic (exact) mass is 578 g/mol. The molecule has 2 saturated heterocycles. The fourth-order valence-corrected chi connectivity index (χ4v) is 6.99. The second-order valence-electron chi connectivity index (χ2n) is 12.4. The number of nitrogens with zero attached hydrogens (tertiary/aromatic N) is 3. The number of hydrogen-bond acceptors (Lipinski definition) is 6. The highest BCUT2D eigenvalue weighted by Crippen LogP contribution is 2.40. The quantitative estimate of drug-likeness (QED) is 0.218. The number of aryl methyl sites for hydroxylation is 1. The Morgan fingerprint density at radius 2 is 1.76 bits per heavy atom. The molecule has 8 heteroatoms. The average molecular weight is 579 g/mol. The van der Waals surface area contributed by atoms with Crippen LogP contribution < -0.4 is 19.7 Å². The molecule has 6 nitrogen and oxygen atoms in total. The Labute approximate surface area is 248 Å². The molecule has 1 aliphatic carbocycles. The zero-order valence-electron chi connectivity index (χ0n) is 25.1. The molecule has 0 bridgehead atoms. The molecule has 1 unspecified atom stereocenters. The summed E-state index contributed by atoms with van der Waals surface area (Å²) in [6, 6.07) is 8.41. The molecular weight excluding hydrogens is 534 g/mol. The molecule has 2 fully saturated rings. The van der Waals surface area contributed by atoms with Crippen molar-refractivity contribution in [1.82, 2.24) is 9.88 Å². The first-order valence-electron chi connectivity index (χ1n) is 15.8. The summed E-state index contributed by atoms with van der Waals surface area (Å²) in [7, 11) is 1.70. The molecule has 226 valence electrons. The molecule has 3 aromatic rings. The van der Waals surface area contributed by atoms with Crippen LogP contribution in [0.2, 0.25) is 0 Å². The summed E-state index contributed by atoms with van der Waals surface area (Å²) >= 11 is 0. The Hall–Kier alpha value is -3.13. The summed E-state index contributed by atoms with van der Waals surface area (Å²) in [6.07, 6.45) is 9.31. The predicted molar refractivity (Wildman–Crippen MR) is 165 cm³/mol. The van der Waals surface area contributed by atoms with Gasteiger partial charge in [-0.3, -0.25) is 4.98 Å². The third kappa shape index (κ3) is 6.29. The molecule has 6 rings (SSSR count). The van der Waals surface area contributed by atoms with E-state index in [0.717, 1.165) is 85.5 Å². The van der Waals surface area contributed by atoms with Gasteiger partial charge in [-0.05, 0) is 87.6 Å². The smallest absolute Gasteiger partial charge is 0.163 e. The number of benzene rings is 2. The molecule has 0 amide bonds. The van der Waals surface area contributed by atoms with E-state index < -0.39 is 11.6 Å². The van der Waals surface area contributed by atoms with Gasteiger partial charge in [0, 0.05) is 55.1 Å². The lowest BCUT2D eigenvalue weighted by Crippen LogP contribution is -2.40. The molecule has 1 atom stereocenters. The lowest BCUT2D eigenvalue weighted by Gasteiger charge is -2.35. The Morgan fingerprint density at radius 3 is 2.50 bits per heavy atom. The van der Waals surface area contributed by atoms with Crippen molar-refractivity contribution < 1.29 is 18.3 Å². The summed E-state index contributed by atoms with van der Waals surface area (Å²) in [5.41, 5.74) is 4.63. The van der Waals surface area contributed by atoms with Gasteiger partial charge in [-0.2, -0.15) is 0 Å². The van der Waals surface area contributed by atoms with Crippen molar-refractivity contribution in [3.63, 3.8) is 0 Å². The van der Waals surface area contributed by atoms with Crippen LogP contribution in [0.15, 0.2) is 30.3 Å². The van der Waals surface area contributed by atoms with Crippen LogP contribution in [-0.2, 0) is 12.8 Å². The first-order valence-corrected chi connectivity index (χ1v) is 15.8. The highest BCUT2D eigenvalue weighted by Gasteiger charge is 2.26. The number of aromatic nitrogens is 1. The standard InChI is InChI=1S/C34H44F2N4O2/c1-23-12-16-39(22-23)15-7-19-42-32-21-30-26(20-31(32)41-2)33(25-8-4-3-5-11-29(25)38-30)37-24-13-17-40(18-14-24)34-27(35)9-6-10-28(34)36/h6,9-10,20-21,23-24H,3-5,7-8,11-19,22H2,1-2H3,(H,37,38). The fraction of sp³-hybridized carbons (Fsp3) is 0.559. The normalized spacial score (nSPS) is 20.0. The zero-order valence-corrected chi connectivity index (χ0v) is 25.1. The minimum Gasteiger partial charge on any atom is -0.493 e. The van der Waals surface area contributed by atoms with Gasteiger partial charge in [-0.15, -0.1) is 0 Å². The van der Waals surface area contributed by atoms with Gasteiger partial charge in [0.25, 0.3) is 0 Å². The maximum absolute atomic E-state index is 14.4. The van der Waals surface area contributed by atoms with Gasteiger partial charge in [-0.25, -0.2) is 8.78 Å². The van der Waals surface area contributed by atoms with Crippen LogP contribution in [0, 0.1) is 17.6 Å². The molecule has 0 spiro atoms. The molecule has 0 radical (unpaired) electrons. The first-order chi connectivity index (χ1) is 20.5. The molecule has 0 saturated carbocycles. The minimum atomic E-state index is -0.498. The summed E-state index contributed by atoms with van der Waals surface area (Å²) in [5.74, 6) is 1.26. The van der Waals surface area contributed by atoms with Gasteiger partial charge in [-0.1, -0.05) is 19.4 Å². The van der Waals surface area contributed by atoms with Gasteiger partial charge in [0.15, 0.2) is 11.5 Å². The van der Waals surface area contributed by atoms with Crippen LogP contribution in [0.1, 0.15) is 63.1 Å². The Balaban J connectivity index is 1.22. The van der Waals surface area contributed by atoms with Crippen LogP contribution in [0.5, 0.6) is 11.5 Å². The SMILES string of the molecule is COc1cc2c(NC3CCN(c4c(F)cccc4F)CC3)c3c(nc2cc1OCCCN1CCC(C)C1)CCCCC3. The number of rotatable bonds is 9. The summed E-state index contributed by atoms with van der Waals surface area (Å²) in [5, 5.41) is 4.93. The summed E-state index contributed by atoms with van der Waals surface area (Å²) in [4.78, 5) is 9.52. The molecular formula is C34H44F2N4O2. The number of halogens is 2. The van der Waals surface area contributed by atoms with Gasteiger partial charge < -0.3 is 24.6 Å². The van der Waals surface area contributed by atoms with E-state index >= 15 is 0 Å². The van der Waals surface area contributed by atoms with E-state index in [0.29, 0.717) is 19.7 Å². The average Bonchev–Trinajstić information content (AvgIpc) is 3.26. The highest BCUT2D eigenvalue weighted by atomic mass is 19.1. The zero-order chi connectivity index (χ0) is 29.1. The van der Waals surface area contributed by atoms with E-state index in [1.165, 1.54) is 55.4 Å². The topological polar surface area (TPSA) is 49.9 Å². The lowest BCUT2D eigenvalue weighted by molar-refractivity contribution is 0.251. The maximum atomic E-state index is 14.4. The van der Waals surface area contributed by atoms with Crippen molar-refractivity contribution in [3.8, 4) is 11.5 Å². The largest absolute Gasteiger partial charge is 0.493 e. The number of likely N-dealkylation sites (tertiary alicyclic amines) is 1. The van der Waals surface area contributed by atoms with Gasteiger partial charge >= 0.3 is 0 Å². The van der Waals surface area contributed by atoms with E-state index in [1.807, 2.05) is 11.0 Å². The third-order valence-corrected chi connectivity index (χ3v) is 9.28. The first kappa shape index (κ1) is 29.0. The molecule has 1 aromatic heterocycles. The van der Waals surface area contributed by atoms with Crippen LogP contribution in [0.4, 0.5) is 20.2 Å². The maximum Gasteiger partial charge on any atom is 0.163 e. The predicted octanol–water partition coefficient (Wildman–Crippen LogP) is 6.98. The Morgan fingerprint density at radius 1 is 0.976 bits per heavy atom. The van der Waals surface area contributed by atoms with E-state index in [1.54, 1.807) is 7.11 Å². The van der Waals surface area contributed by atoms with Crippen molar-refractivity contribution in [3.05, 3.63) is 53.2 Å². The van der Waals surface area contributed by atoms with E-state index in [2.05, 4.69) is 23.2 Å². The number of pyridine rings is 1. The number of fused-ring (bicyclic) bond motifs is 2. The molecule has 42 heavy (non-hydrogen) atoms. The van der Waals surface area contributed by atoms with Crippen molar-refractivity contribution >= 4 is 22.3 Å². The number of anilines is 2. The van der Waals surface area contributed by atoms with Gasteiger partial charge in [0.2, 0.25) is 0 Å². The lowest BCUT2D eigenvalue weighted by atomic mass is 9.98. The van der Waals surface area contributed by atoms with Crippen molar-refractivity contribution in [2.24, 2.45) is 5.92 Å². The number of piperidine rings is 1. The minimum absolute atomic E-state index is 0.0893. The number of hydrogen-bond donors (Lipinski definition) is 1. The van der Waals surface area contributed by atoms with Crippen LogP contribution in [0.3, 0.4) is 0 Å². The fourth-order valence-electron chi connectivity index (χ4n) is 6.99. The molecule has 1 N–H and O–H groups in total. The van der Waals surface area contributed by atoms with E-state index in [-0.39, 0.29) is 11.7 Å². The Bertz CT molecular complexity index is 1370. The van der Waals surface area contributed by atoms with Crippen LogP contribution in [0.25, 0.3) is 10.9 Å². The van der Waals surface area contributed by atoms with Crippen LogP contribution in [-0.4, -0.2) is 62.4 Å². The Kier molecular flexibility index (Phi) is 8.98. The third-order valence-electron chi connectivity index (χ3n) is 9.28. The van der Waals surface area contributed by atoms with Crippen molar-refractivity contribution in [2.75, 3.05) is 56.7 Å². The van der Waals surface area contributed by atoms with Crippen molar-refractivity contribution in [2.45, 2.75) is 70.8 Å². The summed E-state index contributed by atoms with van der Waals surface area (Å²) in [6.45, 7) is 7.58. The molecule has 2 aromatic carbocycles. The van der Waals surface area contributed by atoms with Crippen LogP contribution >= 0.6 is 0 Å². The molecule has 3 aliphatic rings. The number of para-hydroxylation sites is 1. The second-order valence-corrected chi connectivity index (χ2v) is 12.4. The highest BCUT2D eigenvalue weighted by molar-refractivity contribution is 5.96. The molecule has 3 heterocycles. The second kappa shape index (κ2) is 13.0. The van der Waals surface area contributed by atoms with Crippen molar-refractivity contribution in [1.29, 1.82) is 0 Å². The molecule has 2 aliphatic heterocycles. The van der Waals surface area contributed by atoms with Gasteiger partial charge in [0.1, 0.15) is 17.3 Å². The number of nitrogens with one attached hydrogen (secondary N) is 1. The van der Waals surface area contributed by atoms with Gasteiger partial charge in [0.05, 0.1) is 19.2 Å². The van der Waals surface area contributed by atoms with E-state index in [9.17, 15) is 8.78 Å².